The Morgan fingerprint density at radius 1 is 1.35 bits per heavy atom. The molecular weight excluding hydrogens is 294 g/mol. The van der Waals surface area contributed by atoms with Crippen LogP contribution in [0.25, 0.3) is 5.65 Å². The average Bonchev–Trinajstić information content (AvgIpc) is 3.26. The lowest BCUT2D eigenvalue weighted by Gasteiger charge is -2.20. The molecule has 0 spiro atoms. The minimum Gasteiger partial charge on any atom is -0.370 e. The molecule has 1 fully saturated rings. The minimum absolute atomic E-state index is 0.0725. The molecule has 0 radical (unpaired) electrons. The first-order valence-electron chi connectivity index (χ1n) is 7.56. The maximum atomic E-state index is 12.7. The van der Waals surface area contributed by atoms with E-state index in [2.05, 4.69) is 15.4 Å². The summed E-state index contributed by atoms with van der Waals surface area (Å²) in [5, 5.41) is 7.27. The molecule has 3 aromatic heterocycles. The molecule has 1 aliphatic rings. The van der Waals surface area contributed by atoms with E-state index in [-0.39, 0.29) is 18.1 Å². The maximum Gasteiger partial charge on any atom is 0.268 e. The van der Waals surface area contributed by atoms with E-state index in [0.29, 0.717) is 12.3 Å². The van der Waals surface area contributed by atoms with E-state index < -0.39 is 0 Å². The number of hydrogen-bond acceptors (Lipinski definition) is 4. The topological polar surface area (TPSA) is 73.4 Å². The molecule has 0 aromatic carbocycles. The first kappa shape index (κ1) is 14.0. The Kier molecular flexibility index (Phi) is 3.34. The van der Waals surface area contributed by atoms with Gasteiger partial charge in [-0.15, -0.1) is 0 Å². The van der Waals surface area contributed by atoms with E-state index in [1.54, 1.807) is 33.7 Å². The SMILES string of the molecule is Cn1nccc1[C@H]1OCC[C@@H]1NC(=O)c1cccc2nccn12. The predicted octanol–water partition coefficient (Wildman–Crippen LogP) is 1.33. The molecule has 0 bridgehead atoms. The molecule has 4 rings (SSSR count). The summed E-state index contributed by atoms with van der Waals surface area (Å²) in [5.74, 6) is -0.128. The molecule has 7 nitrogen and oxygen atoms in total. The van der Waals surface area contributed by atoms with Gasteiger partial charge in [-0.3, -0.25) is 13.9 Å². The van der Waals surface area contributed by atoms with E-state index in [1.165, 1.54) is 0 Å². The Hall–Kier alpha value is -2.67. The summed E-state index contributed by atoms with van der Waals surface area (Å²) in [6, 6.07) is 7.34. The van der Waals surface area contributed by atoms with Gasteiger partial charge in [0.05, 0.1) is 11.7 Å². The van der Waals surface area contributed by atoms with Crippen LogP contribution in [-0.4, -0.2) is 37.7 Å². The zero-order chi connectivity index (χ0) is 15.8. The number of carbonyl (C=O) groups is 1. The number of aryl methyl sites for hydroxylation is 1. The van der Waals surface area contributed by atoms with Crippen LogP contribution in [0, 0.1) is 0 Å². The average molecular weight is 311 g/mol. The van der Waals surface area contributed by atoms with E-state index in [4.69, 9.17) is 4.74 Å². The van der Waals surface area contributed by atoms with Crippen molar-refractivity contribution in [3.63, 3.8) is 0 Å². The molecule has 0 unspecified atom stereocenters. The number of nitrogens with zero attached hydrogens (tertiary/aromatic N) is 4. The molecule has 1 saturated heterocycles. The summed E-state index contributed by atoms with van der Waals surface area (Å²) in [4.78, 5) is 16.9. The summed E-state index contributed by atoms with van der Waals surface area (Å²) >= 11 is 0. The van der Waals surface area contributed by atoms with Crippen LogP contribution in [0.3, 0.4) is 0 Å². The van der Waals surface area contributed by atoms with Crippen LogP contribution >= 0.6 is 0 Å². The van der Waals surface area contributed by atoms with Crippen molar-refractivity contribution in [3.05, 3.63) is 54.2 Å². The number of rotatable bonds is 3. The van der Waals surface area contributed by atoms with Crippen molar-refractivity contribution in [2.24, 2.45) is 7.05 Å². The Labute approximate surface area is 132 Å². The molecule has 1 N–H and O–H groups in total. The molecule has 7 heteroatoms. The highest BCUT2D eigenvalue weighted by atomic mass is 16.5. The highest BCUT2D eigenvalue weighted by molar-refractivity contribution is 5.93. The quantitative estimate of drug-likeness (QED) is 0.792. The number of pyridine rings is 1. The summed E-state index contributed by atoms with van der Waals surface area (Å²) in [6.07, 6.45) is 5.81. The van der Waals surface area contributed by atoms with Crippen LogP contribution in [0.4, 0.5) is 0 Å². The number of hydrogen-bond donors (Lipinski definition) is 1. The number of amides is 1. The van der Waals surface area contributed by atoms with Gasteiger partial charge in [-0.2, -0.15) is 5.10 Å². The number of imidazole rings is 1. The van der Waals surface area contributed by atoms with Gasteiger partial charge in [0.2, 0.25) is 0 Å². The monoisotopic (exact) mass is 311 g/mol. The van der Waals surface area contributed by atoms with Crippen LogP contribution in [0.15, 0.2) is 42.9 Å². The van der Waals surface area contributed by atoms with Crippen molar-refractivity contribution in [3.8, 4) is 0 Å². The second-order valence-corrected chi connectivity index (χ2v) is 5.61. The second kappa shape index (κ2) is 5.51. The standard InChI is InChI=1S/C16H17N5O2/c1-20-12(5-7-18-20)15-11(6-10-23-15)19-16(22)13-3-2-4-14-17-8-9-21(13)14/h2-5,7-9,11,15H,6,10H2,1H3,(H,19,22)/t11-,15-/m0/s1. The predicted molar refractivity (Wildman–Crippen MR) is 83.0 cm³/mol. The Morgan fingerprint density at radius 2 is 2.26 bits per heavy atom. The van der Waals surface area contributed by atoms with Gasteiger partial charge in [-0.25, -0.2) is 4.98 Å². The van der Waals surface area contributed by atoms with Crippen molar-refractivity contribution in [1.29, 1.82) is 0 Å². The van der Waals surface area contributed by atoms with Gasteiger partial charge in [0.25, 0.3) is 5.91 Å². The van der Waals surface area contributed by atoms with Crippen LogP contribution in [-0.2, 0) is 11.8 Å². The first-order valence-corrected chi connectivity index (χ1v) is 7.56. The lowest BCUT2D eigenvalue weighted by molar-refractivity contribution is 0.0788. The van der Waals surface area contributed by atoms with Crippen LogP contribution in [0.5, 0.6) is 0 Å². The fourth-order valence-electron chi connectivity index (χ4n) is 3.07. The van der Waals surface area contributed by atoms with Gasteiger partial charge >= 0.3 is 0 Å². The number of ether oxygens (including phenoxy) is 1. The third kappa shape index (κ3) is 2.39. The minimum atomic E-state index is -0.173. The van der Waals surface area contributed by atoms with Gasteiger partial charge in [0.15, 0.2) is 0 Å². The molecule has 2 atom stereocenters. The van der Waals surface area contributed by atoms with Crippen LogP contribution in [0.2, 0.25) is 0 Å². The van der Waals surface area contributed by atoms with Crippen molar-refractivity contribution in [1.82, 2.24) is 24.5 Å². The molecule has 1 aliphatic heterocycles. The summed E-state index contributed by atoms with van der Waals surface area (Å²) < 4.78 is 9.37. The fraction of sp³-hybridized carbons (Fsp3) is 0.312. The smallest absolute Gasteiger partial charge is 0.268 e. The van der Waals surface area contributed by atoms with Crippen LogP contribution < -0.4 is 5.32 Å². The normalized spacial score (nSPS) is 20.9. The number of carbonyl (C=O) groups excluding carboxylic acids is 1. The van der Waals surface area contributed by atoms with Gasteiger partial charge in [0, 0.05) is 32.2 Å². The molecule has 118 valence electrons. The van der Waals surface area contributed by atoms with Crippen LogP contribution in [0.1, 0.15) is 28.7 Å². The van der Waals surface area contributed by atoms with Crippen molar-refractivity contribution in [2.45, 2.75) is 18.6 Å². The van der Waals surface area contributed by atoms with Gasteiger partial charge in [-0.1, -0.05) is 6.07 Å². The summed E-state index contributed by atoms with van der Waals surface area (Å²) in [5.41, 5.74) is 2.29. The molecule has 0 aliphatic carbocycles. The number of nitrogens with one attached hydrogen (secondary N) is 1. The maximum absolute atomic E-state index is 12.7. The van der Waals surface area contributed by atoms with E-state index in [1.807, 2.05) is 25.2 Å². The fourth-order valence-corrected chi connectivity index (χ4v) is 3.07. The second-order valence-electron chi connectivity index (χ2n) is 5.61. The highest BCUT2D eigenvalue weighted by Gasteiger charge is 2.33. The van der Waals surface area contributed by atoms with Crippen molar-refractivity contribution in [2.75, 3.05) is 6.61 Å². The lowest BCUT2D eigenvalue weighted by Crippen LogP contribution is -2.38. The van der Waals surface area contributed by atoms with Gasteiger partial charge in [0.1, 0.15) is 17.4 Å². The third-order valence-electron chi connectivity index (χ3n) is 4.22. The zero-order valence-electron chi connectivity index (χ0n) is 12.7. The number of aromatic nitrogens is 4. The zero-order valence-corrected chi connectivity index (χ0v) is 12.7. The van der Waals surface area contributed by atoms with Gasteiger partial charge in [-0.05, 0) is 24.6 Å². The van der Waals surface area contributed by atoms with Crippen molar-refractivity contribution >= 4 is 11.6 Å². The molecule has 23 heavy (non-hydrogen) atoms. The Balaban J connectivity index is 1.59. The van der Waals surface area contributed by atoms with E-state index in [0.717, 1.165) is 17.8 Å². The molecule has 1 amide bonds. The summed E-state index contributed by atoms with van der Waals surface area (Å²) in [7, 11) is 1.88. The molecule has 4 heterocycles. The largest absolute Gasteiger partial charge is 0.370 e. The summed E-state index contributed by atoms with van der Waals surface area (Å²) in [6.45, 7) is 0.621. The number of fused-ring (bicyclic) bond motifs is 1. The third-order valence-corrected chi connectivity index (χ3v) is 4.22. The van der Waals surface area contributed by atoms with Gasteiger partial charge < -0.3 is 10.1 Å². The molecule has 0 saturated carbocycles. The lowest BCUT2D eigenvalue weighted by atomic mass is 10.1. The van der Waals surface area contributed by atoms with Crippen molar-refractivity contribution < 1.29 is 9.53 Å². The highest BCUT2D eigenvalue weighted by Crippen LogP contribution is 2.28. The molecule has 3 aromatic rings. The Morgan fingerprint density at radius 3 is 3.09 bits per heavy atom. The first-order chi connectivity index (χ1) is 11.2. The van der Waals surface area contributed by atoms with E-state index in [9.17, 15) is 4.79 Å². The Bertz CT molecular complexity index is 853. The van der Waals surface area contributed by atoms with E-state index >= 15 is 0 Å². The molecular formula is C16H17N5O2.